The van der Waals surface area contributed by atoms with E-state index in [0.717, 1.165) is 27.6 Å². The fourth-order valence-electron chi connectivity index (χ4n) is 2.66. The van der Waals surface area contributed by atoms with Crippen LogP contribution >= 0.6 is 0 Å². The number of nitrogens with zero attached hydrogens (tertiary/aromatic N) is 2. The number of methoxy groups -OCH3 is 1. The van der Waals surface area contributed by atoms with Crippen molar-refractivity contribution >= 4 is 22.2 Å². The Labute approximate surface area is 140 Å². The van der Waals surface area contributed by atoms with Crippen molar-refractivity contribution in [1.29, 1.82) is 5.41 Å². The molecule has 24 heavy (non-hydrogen) atoms. The second kappa shape index (κ2) is 6.50. The van der Waals surface area contributed by atoms with Gasteiger partial charge in [0.15, 0.2) is 0 Å². The van der Waals surface area contributed by atoms with E-state index in [4.69, 9.17) is 15.9 Å². The summed E-state index contributed by atoms with van der Waals surface area (Å²) < 4.78 is 5.12. The van der Waals surface area contributed by atoms with Crippen LogP contribution in [0.2, 0.25) is 0 Å². The average molecular weight is 318 g/mol. The molecule has 2 heterocycles. The summed E-state index contributed by atoms with van der Waals surface area (Å²) in [5, 5.41) is 8.86. The number of rotatable bonds is 4. The summed E-state index contributed by atoms with van der Waals surface area (Å²) in [5.74, 6) is 0.575. The van der Waals surface area contributed by atoms with E-state index < -0.39 is 0 Å². The molecule has 3 rings (SSSR count). The first-order valence-electron chi connectivity index (χ1n) is 7.51. The van der Waals surface area contributed by atoms with Crippen molar-refractivity contribution in [2.24, 2.45) is 5.73 Å². The van der Waals surface area contributed by atoms with Gasteiger partial charge in [-0.15, -0.1) is 0 Å². The number of nitrogens with one attached hydrogen (secondary N) is 1. The van der Waals surface area contributed by atoms with E-state index in [0.29, 0.717) is 17.2 Å². The molecular weight excluding hydrogens is 300 g/mol. The van der Waals surface area contributed by atoms with Gasteiger partial charge in [-0.3, -0.25) is 4.98 Å². The predicted molar refractivity (Wildman–Crippen MR) is 97.1 cm³/mol. The van der Waals surface area contributed by atoms with E-state index in [1.54, 1.807) is 26.4 Å². The summed E-state index contributed by atoms with van der Waals surface area (Å²) in [7, 11) is 1.59. The number of hydrogen-bond acceptors (Lipinski definition) is 5. The normalized spacial score (nSPS) is 11.5. The van der Waals surface area contributed by atoms with Crippen molar-refractivity contribution in [3.05, 3.63) is 60.6 Å². The number of nitrogens with two attached hydrogens (primary N) is 1. The second-order valence-electron chi connectivity index (χ2n) is 5.39. The van der Waals surface area contributed by atoms with Gasteiger partial charge in [0, 0.05) is 46.9 Å². The van der Waals surface area contributed by atoms with Crippen molar-refractivity contribution in [2.75, 3.05) is 7.11 Å². The lowest BCUT2D eigenvalue weighted by Crippen LogP contribution is -1.99. The third-order valence-corrected chi connectivity index (χ3v) is 3.88. The Morgan fingerprint density at radius 1 is 1.17 bits per heavy atom. The van der Waals surface area contributed by atoms with Gasteiger partial charge in [-0.05, 0) is 42.3 Å². The minimum Gasteiger partial charge on any atom is -0.481 e. The predicted octanol–water partition coefficient (Wildman–Crippen LogP) is 3.64. The second-order valence-corrected chi connectivity index (χ2v) is 5.39. The maximum atomic E-state index is 7.87. The molecule has 0 saturated heterocycles. The van der Waals surface area contributed by atoms with Crippen LogP contribution in [-0.2, 0) is 0 Å². The first-order chi connectivity index (χ1) is 11.6. The van der Waals surface area contributed by atoms with Crippen LogP contribution in [0.4, 0.5) is 0 Å². The zero-order valence-electron chi connectivity index (χ0n) is 13.6. The lowest BCUT2D eigenvalue weighted by Gasteiger charge is -2.10. The molecule has 0 atom stereocenters. The third-order valence-electron chi connectivity index (χ3n) is 3.88. The van der Waals surface area contributed by atoms with Crippen LogP contribution in [0, 0.1) is 5.41 Å². The van der Waals surface area contributed by atoms with Crippen LogP contribution in [0.1, 0.15) is 12.5 Å². The standard InChI is InChI=1S/C19H18N4O/c1-12(21)17(10-20)13-3-5-18-16(9-13)15(7-8-22-18)14-4-6-19(24-2)23-11-14/h3-11,21H,20H2,1-2H3/b17-10+,21-12?. The summed E-state index contributed by atoms with van der Waals surface area (Å²) in [6.07, 6.45) is 5.03. The van der Waals surface area contributed by atoms with E-state index >= 15 is 0 Å². The zero-order valence-corrected chi connectivity index (χ0v) is 13.6. The maximum Gasteiger partial charge on any atom is 0.212 e. The van der Waals surface area contributed by atoms with E-state index in [1.165, 1.54) is 6.20 Å². The van der Waals surface area contributed by atoms with Gasteiger partial charge in [0.25, 0.3) is 0 Å². The molecule has 120 valence electrons. The molecule has 0 aliphatic heterocycles. The monoisotopic (exact) mass is 318 g/mol. The van der Waals surface area contributed by atoms with Gasteiger partial charge >= 0.3 is 0 Å². The Bertz CT molecular complexity index is 930. The van der Waals surface area contributed by atoms with Gasteiger partial charge in [-0.2, -0.15) is 0 Å². The minimum atomic E-state index is 0.424. The zero-order chi connectivity index (χ0) is 17.1. The molecule has 1 aromatic carbocycles. The summed E-state index contributed by atoms with van der Waals surface area (Å²) in [4.78, 5) is 8.70. The van der Waals surface area contributed by atoms with Crippen LogP contribution < -0.4 is 10.5 Å². The molecule has 0 aliphatic carbocycles. The molecule has 5 heteroatoms. The third kappa shape index (κ3) is 2.84. The number of allylic oxidation sites excluding steroid dienone is 1. The molecule has 0 saturated carbocycles. The lowest BCUT2D eigenvalue weighted by molar-refractivity contribution is 0.398. The lowest BCUT2D eigenvalue weighted by atomic mass is 9.97. The molecule has 0 unspecified atom stereocenters. The van der Waals surface area contributed by atoms with Gasteiger partial charge in [0.05, 0.1) is 12.6 Å². The van der Waals surface area contributed by atoms with Crippen LogP contribution in [0.3, 0.4) is 0 Å². The molecule has 0 fully saturated rings. The van der Waals surface area contributed by atoms with Gasteiger partial charge in [0.2, 0.25) is 5.88 Å². The highest BCUT2D eigenvalue weighted by atomic mass is 16.5. The average Bonchev–Trinajstić information content (AvgIpc) is 2.61. The van der Waals surface area contributed by atoms with Gasteiger partial charge in [-0.25, -0.2) is 4.98 Å². The van der Waals surface area contributed by atoms with Crippen molar-refractivity contribution < 1.29 is 4.74 Å². The van der Waals surface area contributed by atoms with Crippen LogP contribution in [0.25, 0.3) is 27.6 Å². The topological polar surface area (TPSA) is 84.9 Å². The first kappa shape index (κ1) is 15.7. The molecule has 3 aromatic rings. The van der Waals surface area contributed by atoms with Crippen LogP contribution in [0.15, 0.2) is 55.0 Å². The molecule has 5 nitrogen and oxygen atoms in total. The molecule has 0 amide bonds. The Kier molecular flexibility index (Phi) is 4.24. The van der Waals surface area contributed by atoms with E-state index in [1.807, 2.05) is 36.4 Å². The summed E-state index contributed by atoms with van der Waals surface area (Å²) >= 11 is 0. The molecule has 2 aromatic heterocycles. The van der Waals surface area contributed by atoms with Crippen LogP contribution in [0.5, 0.6) is 5.88 Å². The van der Waals surface area contributed by atoms with Crippen molar-refractivity contribution in [1.82, 2.24) is 9.97 Å². The van der Waals surface area contributed by atoms with Gasteiger partial charge in [-0.1, -0.05) is 6.07 Å². The number of benzene rings is 1. The fraction of sp³-hybridized carbons (Fsp3) is 0.105. The van der Waals surface area contributed by atoms with E-state index in [-0.39, 0.29) is 0 Å². The number of hydrogen-bond donors (Lipinski definition) is 2. The molecular formula is C19H18N4O. The Balaban J connectivity index is 2.19. The van der Waals surface area contributed by atoms with Gasteiger partial charge in [0.1, 0.15) is 0 Å². The largest absolute Gasteiger partial charge is 0.481 e. The number of aromatic nitrogens is 2. The SMILES string of the molecule is COc1ccc(-c2ccnc3ccc(/C(=C/N)C(C)=N)cc23)cn1. The Hall–Kier alpha value is -3.21. The molecule has 3 N–H and O–H groups in total. The highest BCUT2D eigenvalue weighted by molar-refractivity contribution is 6.21. The van der Waals surface area contributed by atoms with Crippen LogP contribution in [-0.4, -0.2) is 22.8 Å². The number of fused-ring (bicyclic) bond motifs is 1. The number of pyridine rings is 2. The summed E-state index contributed by atoms with van der Waals surface area (Å²) in [6, 6.07) is 11.6. The highest BCUT2D eigenvalue weighted by Crippen LogP contribution is 2.30. The number of ether oxygens (including phenoxy) is 1. The Morgan fingerprint density at radius 3 is 2.62 bits per heavy atom. The molecule has 0 radical (unpaired) electrons. The fourth-order valence-corrected chi connectivity index (χ4v) is 2.66. The highest BCUT2D eigenvalue weighted by Gasteiger charge is 2.09. The molecule has 0 spiro atoms. The summed E-state index contributed by atoms with van der Waals surface area (Å²) in [5.41, 5.74) is 10.6. The van der Waals surface area contributed by atoms with Crippen molar-refractivity contribution in [3.8, 4) is 17.0 Å². The molecule has 0 bridgehead atoms. The maximum absolute atomic E-state index is 7.87. The van der Waals surface area contributed by atoms with Crippen molar-refractivity contribution in [2.45, 2.75) is 6.92 Å². The summed E-state index contributed by atoms with van der Waals surface area (Å²) in [6.45, 7) is 1.72. The minimum absolute atomic E-state index is 0.424. The van der Waals surface area contributed by atoms with E-state index in [9.17, 15) is 0 Å². The quantitative estimate of drug-likeness (QED) is 0.719. The van der Waals surface area contributed by atoms with Gasteiger partial charge < -0.3 is 15.9 Å². The molecule has 0 aliphatic rings. The first-order valence-corrected chi connectivity index (χ1v) is 7.51. The smallest absolute Gasteiger partial charge is 0.212 e. The van der Waals surface area contributed by atoms with E-state index in [2.05, 4.69) is 9.97 Å². The van der Waals surface area contributed by atoms with Crippen molar-refractivity contribution in [3.63, 3.8) is 0 Å². The Morgan fingerprint density at radius 2 is 2.00 bits per heavy atom.